The molecule has 0 unspecified atom stereocenters. The van der Waals surface area contributed by atoms with E-state index in [-0.39, 0.29) is 6.10 Å². The van der Waals surface area contributed by atoms with Crippen molar-refractivity contribution in [1.29, 1.82) is 0 Å². The molecule has 0 aliphatic carbocycles. The molecule has 2 aromatic heterocycles. The minimum Gasteiger partial charge on any atom is -0.475 e. The zero-order chi connectivity index (χ0) is 16.7. The summed E-state index contributed by atoms with van der Waals surface area (Å²) in [6.07, 6.45) is 1.96. The van der Waals surface area contributed by atoms with Crippen molar-refractivity contribution in [3.05, 3.63) is 45.8 Å². The number of hydrogen-bond donors (Lipinski definition) is 2. The topological polar surface area (TPSA) is 58.5 Å². The van der Waals surface area contributed by atoms with Crippen molar-refractivity contribution in [1.82, 2.24) is 15.6 Å². The fraction of sp³-hybridized carbons (Fsp3) is 0.412. The van der Waals surface area contributed by atoms with Crippen LogP contribution in [0.3, 0.4) is 0 Å². The Kier molecular flexibility index (Phi) is 6.40. The SMILES string of the molecule is CN=C(NCc1ccc(OC(C)C)nc1)NCc1sccc1C. The lowest BCUT2D eigenvalue weighted by Crippen LogP contribution is -2.36. The van der Waals surface area contributed by atoms with Crippen LogP contribution >= 0.6 is 11.3 Å². The number of aryl methyl sites for hydroxylation is 1. The number of aromatic nitrogens is 1. The standard InChI is InChI=1S/C17H24N4OS/c1-12(2)22-16-6-5-14(9-19-16)10-20-17(18-4)21-11-15-13(3)7-8-23-15/h5-9,12H,10-11H2,1-4H3,(H2,18,20,21). The van der Waals surface area contributed by atoms with Crippen LogP contribution in [0.25, 0.3) is 0 Å². The average Bonchev–Trinajstić information content (AvgIpc) is 2.94. The van der Waals surface area contributed by atoms with Crippen LogP contribution in [0, 0.1) is 6.92 Å². The summed E-state index contributed by atoms with van der Waals surface area (Å²) in [6, 6.07) is 6.03. The summed E-state index contributed by atoms with van der Waals surface area (Å²) in [5, 5.41) is 8.72. The summed E-state index contributed by atoms with van der Waals surface area (Å²) >= 11 is 1.75. The van der Waals surface area contributed by atoms with Crippen molar-refractivity contribution in [2.24, 2.45) is 4.99 Å². The first-order chi connectivity index (χ1) is 11.1. The largest absolute Gasteiger partial charge is 0.475 e. The molecule has 0 aliphatic heterocycles. The number of nitrogens with zero attached hydrogens (tertiary/aromatic N) is 2. The number of aliphatic imine (C=N–C) groups is 1. The maximum Gasteiger partial charge on any atom is 0.213 e. The molecule has 124 valence electrons. The molecule has 23 heavy (non-hydrogen) atoms. The minimum atomic E-state index is 0.134. The van der Waals surface area contributed by atoms with E-state index >= 15 is 0 Å². The van der Waals surface area contributed by atoms with Gasteiger partial charge in [0.1, 0.15) is 0 Å². The molecule has 0 atom stereocenters. The molecule has 0 saturated heterocycles. The summed E-state index contributed by atoms with van der Waals surface area (Å²) in [5.41, 5.74) is 2.39. The van der Waals surface area contributed by atoms with Gasteiger partial charge in [-0.25, -0.2) is 4.98 Å². The molecule has 0 spiro atoms. The van der Waals surface area contributed by atoms with Gasteiger partial charge in [0.15, 0.2) is 5.96 Å². The van der Waals surface area contributed by atoms with Crippen LogP contribution in [0.4, 0.5) is 0 Å². The Hall–Kier alpha value is -2.08. The van der Waals surface area contributed by atoms with Crippen LogP contribution in [0.2, 0.25) is 0 Å². The highest BCUT2D eigenvalue weighted by Crippen LogP contribution is 2.14. The number of ether oxygens (including phenoxy) is 1. The van der Waals surface area contributed by atoms with Crippen molar-refractivity contribution in [3.63, 3.8) is 0 Å². The molecule has 0 radical (unpaired) electrons. The Morgan fingerprint density at radius 2 is 2.04 bits per heavy atom. The highest BCUT2D eigenvalue weighted by molar-refractivity contribution is 7.10. The van der Waals surface area contributed by atoms with Gasteiger partial charge in [0.2, 0.25) is 5.88 Å². The molecule has 5 nitrogen and oxygen atoms in total. The van der Waals surface area contributed by atoms with Gasteiger partial charge < -0.3 is 15.4 Å². The first-order valence-corrected chi connectivity index (χ1v) is 8.55. The third kappa shape index (κ3) is 5.56. The molecule has 0 bridgehead atoms. The number of rotatable bonds is 6. The van der Waals surface area contributed by atoms with Crippen LogP contribution in [-0.2, 0) is 13.1 Å². The van der Waals surface area contributed by atoms with E-state index in [4.69, 9.17) is 4.74 Å². The highest BCUT2D eigenvalue weighted by Gasteiger charge is 2.03. The summed E-state index contributed by atoms with van der Waals surface area (Å²) in [6.45, 7) is 7.54. The maximum absolute atomic E-state index is 5.54. The second kappa shape index (κ2) is 8.53. The number of guanidine groups is 1. The van der Waals surface area contributed by atoms with Crippen LogP contribution < -0.4 is 15.4 Å². The Bertz CT molecular complexity index is 634. The van der Waals surface area contributed by atoms with Gasteiger partial charge in [-0.05, 0) is 43.3 Å². The molecule has 0 amide bonds. The van der Waals surface area contributed by atoms with E-state index in [2.05, 4.69) is 39.0 Å². The van der Waals surface area contributed by atoms with Crippen molar-refractivity contribution in [2.45, 2.75) is 40.0 Å². The zero-order valence-electron chi connectivity index (χ0n) is 14.1. The smallest absolute Gasteiger partial charge is 0.213 e. The van der Waals surface area contributed by atoms with E-state index in [0.717, 1.165) is 18.1 Å². The lowest BCUT2D eigenvalue weighted by Gasteiger charge is -2.12. The van der Waals surface area contributed by atoms with Crippen molar-refractivity contribution in [3.8, 4) is 5.88 Å². The molecule has 2 N–H and O–H groups in total. The Labute approximate surface area is 141 Å². The van der Waals surface area contributed by atoms with E-state index in [1.807, 2.05) is 32.2 Å². The van der Waals surface area contributed by atoms with E-state index in [0.29, 0.717) is 12.4 Å². The Balaban J connectivity index is 1.82. The molecule has 0 saturated carbocycles. The van der Waals surface area contributed by atoms with Crippen LogP contribution in [-0.4, -0.2) is 24.1 Å². The van der Waals surface area contributed by atoms with Crippen LogP contribution in [0.5, 0.6) is 5.88 Å². The van der Waals surface area contributed by atoms with Crippen molar-refractivity contribution in [2.75, 3.05) is 7.05 Å². The summed E-state index contributed by atoms with van der Waals surface area (Å²) in [7, 11) is 1.77. The average molecular weight is 332 g/mol. The third-order valence-electron chi connectivity index (χ3n) is 3.22. The molecule has 0 fully saturated rings. The second-order valence-electron chi connectivity index (χ2n) is 5.48. The zero-order valence-corrected chi connectivity index (χ0v) is 14.9. The van der Waals surface area contributed by atoms with Gasteiger partial charge in [-0.3, -0.25) is 4.99 Å². The molecule has 0 aliphatic rings. The maximum atomic E-state index is 5.54. The normalized spacial score (nSPS) is 11.6. The summed E-state index contributed by atoms with van der Waals surface area (Å²) in [5.74, 6) is 1.43. The van der Waals surface area contributed by atoms with E-state index in [1.165, 1.54) is 10.4 Å². The molecule has 2 heterocycles. The molecular weight excluding hydrogens is 308 g/mol. The summed E-state index contributed by atoms with van der Waals surface area (Å²) < 4.78 is 5.54. The first kappa shape index (κ1) is 17.3. The lowest BCUT2D eigenvalue weighted by molar-refractivity contribution is 0.232. The third-order valence-corrected chi connectivity index (χ3v) is 4.25. The minimum absolute atomic E-state index is 0.134. The van der Waals surface area contributed by atoms with Crippen LogP contribution in [0.15, 0.2) is 34.8 Å². The molecular formula is C17H24N4OS. The van der Waals surface area contributed by atoms with Crippen molar-refractivity contribution < 1.29 is 4.74 Å². The molecule has 6 heteroatoms. The first-order valence-electron chi connectivity index (χ1n) is 7.67. The number of hydrogen-bond acceptors (Lipinski definition) is 4. The van der Waals surface area contributed by atoms with Gasteiger partial charge >= 0.3 is 0 Å². The summed E-state index contributed by atoms with van der Waals surface area (Å²) in [4.78, 5) is 9.87. The lowest BCUT2D eigenvalue weighted by atomic mass is 10.3. The van der Waals surface area contributed by atoms with Gasteiger partial charge in [0.25, 0.3) is 0 Å². The molecule has 2 rings (SSSR count). The fourth-order valence-electron chi connectivity index (χ4n) is 1.98. The van der Waals surface area contributed by atoms with Gasteiger partial charge in [0, 0.05) is 30.7 Å². The molecule has 0 aromatic carbocycles. The predicted octanol–water partition coefficient (Wildman–Crippen LogP) is 3.10. The van der Waals surface area contributed by atoms with Crippen LogP contribution in [0.1, 0.15) is 29.9 Å². The predicted molar refractivity (Wildman–Crippen MR) is 96.1 cm³/mol. The monoisotopic (exact) mass is 332 g/mol. The van der Waals surface area contributed by atoms with Gasteiger partial charge in [-0.1, -0.05) is 6.07 Å². The van der Waals surface area contributed by atoms with E-state index in [1.54, 1.807) is 18.4 Å². The number of thiophene rings is 1. The quantitative estimate of drug-likeness (QED) is 0.630. The molecule has 2 aromatic rings. The van der Waals surface area contributed by atoms with E-state index < -0.39 is 0 Å². The van der Waals surface area contributed by atoms with Gasteiger partial charge in [-0.2, -0.15) is 0 Å². The highest BCUT2D eigenvalue weighted by atomic mass is 32.1. The van der Waals surface area contributed by atoms with Gasteiger partial charge in [-0.15, -0.1) is 11.3 Å². The van der Waals surface area contributed by atoms with Gasteiger partial charge in [0.05, 0.1) is 12.6 Å². The Morgan fingerprint density at radius 3 is 2.61 bits per heavy atom. The Morgan fingerprint density at radius 1 is 1.26 bits per heavy atom. The fourth-order valence-corrected chi connectivity index (χ4v) is 2.83. The second-order valence-corrected chi connectivity index (χ2v) is 6.48. The number of nitrogens with one attached hydrogen (secondary N) is 2. The number of pyridine rings is 1. The van der Waals surface area contributed by atoms with E-state index in [9.17, 15) is 0 Å². The van der Waals surface area contributed by atoms with Crippen molar-refractivity contribution >= 4 is 17.3 Å².